The minimum Gasteiger partial charge on any atom is -0.308 e. The van der Waals surface area contributed by atoms with Crippen molar-refractivity contribution in [1.29, 1.82) is 0 Å². The molecular weight excluding hydrogens is 276 g/mol. The zero-order valence-corrected chi connectivity index (χ0v) is 10.3. The molecule has 2 aromatic heterocycles. The summed E-state index contributed by atoms with van der Waals surface area (Å²) >= 11 is 5.15. The summed E-state index contributed by atoms with van der Waals surface area (Å²) in [6.07, 6.45) is 0. The van der Waals surface area contributed by atoms with Crippen molar-refractivity contribution in [2.75, 3.05) is 6.54 Å². The number of fused-ring (bicyclic) bond motifs is 1. The summed E-state index contributed by atoms with van der Waals surface area (Å²) in [5.74, 6) is 2.02. The molecule has 1 aliphatic heterocycles. The summed E-state index contributed by atoms with van der Waals surface area (Å²) in [5.41, 5.74) is 0. The Morgan fingerprint density at radius 2 is 2.33 bits per heavy atom. The van der Waals surface area contributed by atoms with Crippen LogP contribution in [-0.2, 0) is 13.1 Å². The molecule has 15 heavy (non-hydrogen) atoms. The highest BCUT2D eigenvalue weighted by atomic mass is 79.9. The number of hydrogen-bond acceptors (Lipinski definition) is 4. The molecule has 0 aromatic carbocycles. The lowest BCUT2D eigenvalue weighted by atomic mass is 10.4. The van der Waals surface area contributed by atoms with Crippen molar-refractivity contribution < 1.29 is 0 Å². The third-order valence-corrected chi connectivity index (χ3v) is 4.04. The van der Waals surface area contributed by atoms with Crippen molar-refractivity contribution in [3.05, 3.63) is 21.7 Å². The van der Waals surface area contributed by atoms with Crippen LogP contribution < -0.4 is 5.32 Å². The van der Waals surface area contributed by atoms with E-state index >= 15 is 0 Å². The average molecular weight is 285 g/mol. The van der Waals surface area contributed by atoms with Crippen LogP contribution in [0.15, 0.2) is 15.9 Å². The molecule has 3 heterocycles. The van der Waals surface area contributed by atoms with Gasteiger partial charge in [0.2, 0.25) is 0 Å². The lowest BCUT2D eigenvalue weighted by molar-refractivity contribution is 0.508. The summed E-state index contributed by atoms with van der Waals surface area (Å²) in [4.78, 5) is 1.17. The van der Waals surface area contributed by atoms with Gasteiger partial charge in [-0.3, -0.25) is 0 Å². The molecule has 2 aromatic rings. The van der Waals surface area contributed by atoms with Gasteiger partial charge in [0.25, 0.3) is 0 Å². The molecule has 4 nitrogen and oxygen atoms in total. The highest BCUT2D eigenvalue weighted by Crippen LogP contribution is 2.30. The van der Waals surface area contributed by atoms with Crippen molar-refractivity contribution >= 4 is 27.3 Å². The Morgan fingerprint density at radius 1 is 1.40 bits per heavy atom. The Bertz CT molecular complexity index is 490. The fraction of sp³-hybridized carbons (Fsp3) is 0.333. The molecule has 0 saturated carbocycles. The highest BCUT2D eigenvalue weighted by Gasteiger charge is 2.17. The van der Waals surface area contributed by atoms with Crippen LogP contribution in [0.4, 0.5) is 0 Å². The lowest BCUT2D eigenvalue weighted by Gasteiger charge is -2.15. The molecule has 0 aliphatic carbocycles. The topological polar surface area (TPSA) is 42.7 Å². The first kappa shape index (κ1) is 9.50. The average Bonchev–Trinajstić information content (AvgIpc) is 2.83. The largest absolute Gasteiger partial charge is 0.308 e. The number of nitrogens with one attached hydrogen (secondary N) is 1. The number of thiophene rings is 1. The maximum absolute atomic E-state index is 4.24. The van der Waals surface area contributed by atoms with Crippen LogP contribution in [0.25, 0.3) is 10.7 Å². The van der Waals surface area contributed by atoms with Crippen molar-refractivity contribution in [3.63, 3.8) is 0 Å². The van der Waals surface area contributed by atoms with Crippen molar-refractivity contribution in [3.8, 4) is 10.7 Å². The van der Waals surface area contributed by atoms with Gasteiger partial charge in [-0.2, -0.15) is 0 Å². The molecule has 0 unspecified atom stereocenters. The van der Waals surface area contributed by atoms with Crippen LogP contribution >= 0.6 is 27.3 Å². The van der Waals surface area contributed by atoms with E-state index in [0.717, 1.165) is 35.1 Å². The Kier molecular flexibility index (Phi) is 2.34. The van der Waals surface area contributed by atoms with Crippen LogP contribution in [0.2, 0.25) is 0 Å². The predicted octanol–water partition coefficient (Wildman–Crippen LogP) is 1.87. The molecule has 0 spiro atoms. The number of halogens is 1. The van der Waals surface area contributed by atoms with Gasteiger partial charge in [-0.1, -0.05) is 0 Å². The number of rotatable bonds is 1. The second-order valence-corrected chi connectivity index (χ2v) is 5.84. The highest BCUT2D eigenvalue weighted by molar-refractivity contribution is 9.11. The van der Waals surface area contributed by atoms with Crippen LogP contribution in [0.3, 0.4) is 0 Å². The summed E-state index contributed by atoms with van der Waals surface area (Å²) in [6, 6.07) is 4.12. The number of aromatic nitrogens is 3. The molecule has 0 amide bonds. The number of nitrogens with zero attached hydrogens (tertiary/aromatic N) is 3. The summed E-state index contributed by atoms with van der Waals surface area (Å²) in [7, 11) is 0. The quantitative estimate of drug-likeness (QED) is 0.870. The van der Waals surface area contributed by atoms with Crippen LogP contribution in [-0.4, -0.2) is 21.3 Å². The molecule has 0 radical (unpaired) electrons. The van der Waals surface area contributed by atoms with Crippen molar-refractivity contribution in [2.24, 2.45) is 0 Å². The minimum atomic E-state index is 0.819. The Morgan fingerprint density at radius 3 is 3.13 bits per heavy atom. The molecule has 3 rings (SSSR count). The van der Waals surface area contributed by atoms with Crippen molar-refractivity contribution in [1.82, 2.24) is 20.1 Å². The van der Waals surface area contributed by atoms with Crippen LogP contribution in [0.5, 0.6) is 0 Å². The molecule has 1 aliphatic rings. The van der Waals surface area contributed by atoms with E-state index in [1.54, 1.807) is 11.3 Å². The van der Waals surface area contributed by atoms with E-state index < -0.39 is 0 Å². The van der Waals surface area contributed by atoms with E-state index in [4.69, 9.17) is 0 Å². The van der Waals surface area contributed by atoms with Gasteiger partial charge < -0.3 is 9.88 Å². The normalized spacial score (nSPS) is 15.3. The Labute approximate surface area is 99.5 Å². The maximum Gasteiger partial charge on any atom is 0.174 e. The third-order valence-electron chi connectivity index (χ3n) is 2.42. The van der Waals surface area contributed by atoms with Gasteiger partial charge in [0.15, 0.2) is 5.82 Å². The van der Waals surface area contributed by atoms with Gasteiger partial charge in [0.05, 0.1) is 15.2 Å². The molecule has 0 fully saturated rings. The van der Waals surface area contributed by atoms with E-state index in [-0.39, 0.29) is 0 Å². The summed E-state index contributed by atoms with van der Waals surface area (Å²) in [5, 5.41) is 11.7. The molecule has 78 valence electrons. The first-order valence-electron chi connectivity index (χ1n) is 4.73. The number of hydrogen-bond donors (Lipinski definition) is 1. The zero-order chi connectivity index (χ0) is 10.3. The monoisotopic (exact) mass is 284 g/mol. The first-order valence-corrected chi connectivity index (χ1v) is 6.34. The first-order chi connectivity index (χ1) is 7.34. The summed E-state index contributed by atoms with van der Waals surface area (Å²) in [6.45, 7) is 2.76. The SMILES string of the molecule is Brc1ccc(-c2nnc3n2CCNC3)s1. The van der Waals surface area contributed by atoms with Gasteiger partial charge in [-0.25, -0.2) is 0 Å². The van der Waals surface area contributed by atoms with Crippen molar-refractivity contribution in [2.45, 2.75) is 13.1 Å². The molecule has 1 N–H and O–H groups in total. The van der Waals surface area contributed by atoms with Gasteiger partial charge in [0.1, 0.15) is 5.82 Å². The second-order valence-electron chi connectivity index (χ2n) is 3.37. The molecular formula is C9H9BrN4S. The van der Waals surface area contributed by atoms with E-state index in [2.05, 4.69) is 42.1 Å². The van der Waals surface area contributed by atoms with Gasteiger partial charge in [0, 0.05) is 13.1 Å². The van der Waals surface area contributed by atoms with E-state index in [1.807, 2.05) is 6.07 Å². The van der Waals surface area contributed by atoms with E-state index in [9.17, 15) is 0 Å². The molecule has 0 atom stereocenters. The van der Waals surface area contributed by atoms with E-state index in [1.165, 1.54) is 4.88 Å². The standard InChI is InChI=1S/C9H9BrN4S/c10-7-2-1-6(15-7)9-13-12-8-5-11-3-4-14(8)9/h1-2,11H,3-5H2. The zero-order valence-electron chi connectivity index (χ0n) is 7.90. The van der Waals surface area contributed by atoms with Gasteiger partial charge in [-0.05, 0) is 28.1 Å². The van der Waals surface area contributed by atoms with E-state index in [0.29, 0.717) is 0 Å². The van der Waals surface area contributed by atoms with Crippen LogP contribution in [0.1, 0.15) is 5.82 Å². The molecule has 0 bridgehead atoms. The fourth-order valence-electron chi connectivity index (χ4n) is 1.71. The Hall–Kier alpha value is -0.720. The van der Waals surface area contributed by atoms with Crippen LogP contribution in [0, 0.1) is 0 Å². The minimum absolute atomic E-state index is 0.819. The second kappa shape index (κ2) is 3.70. The molecule has 0 saturated heterocycles. The summed E-state index contributed by atoms with van der Waals surface area (Å²) < 4.78 is 3.32. The predicted molar refractivity (Wildman–Crippen MR) is 62.7 cm³/mol. The van der Waals surface area contributed by atoms with Gasteiger partial charge in [-0.15, -0.1) is 21.5 Å². The molecule has 6 heteroatoms. The smallest absolute Gasteiger partial charge is 0.174 e. The lowest BCUT2D eigenvalue weighted by Crippen LogP contribution is -2.28. The van der Waals surface area contributed by atoms with Gasteiger partial charge >= 0.3 is 0 Å². The maximum atomic E-state index is 4.24. The fourth-order valence-corrected chi connectivity index (χ4v) is 3.09. The third kappa shape index (κ3) is 1.62. The Balaban J connectivity index is 2.08.